The van der Waals surface area contributed by atoms with Crippen LogP contribution in [0.25, 0.3) is 0 Å². The molecule has 92 valence electrons. The number of pyridine rings is 1. The highest BCUT2D eigenvalue weighted by molar-refractivity contribution is 5.95. The van der Waals surface area contributed by atoms with Gasteiger partial charge in [-0.1, -0.05) is 6.92 Å². The lowest BCUT2D eigenvalue weighted by Gasteiger charge is -2.08. The van der Waals surface area contributed by atoms with Gasteiger partial charge in [-0.2, -0.15) is 0 Å². The minimum atomic E-state index is -0.403. The van der Waals surface area contributed by atoms with Crippen molar-refractivity contribution in [1.82, 2.24) is 4.98 Å². The average Bonchev–Trinajstić information content (AvgIpc) is 2.97. The van der Waals surface area contributed by atoms with Crippen molar-refractivity contribution in [1.29, 1.82) is 0 Å². The molecule has 2 unspecified atom stereocenters. The van der Waals surface area contributed by atoms with Gasteiger partial charge in [-0.15, -0.1) is 0 Å². The monoisotopic (exact) mass is 235 g/mol. The quantitative estimate of drug-likeness (QED) is 0.776. The van der Waals surface area contributed by atoms with Gasteiger partial charge < -0.3 is 15.8 Å². The van der Waals surface area contributed by atoms with Gasteiger partial charge in [-0.25, -0.2) is 9.78 Å². The highest BCUT2D eigenvalue weighted by atomic mass is 16.5. The van der Waals surface area contributed by atoms with Crippen molar-refractivity contribution in [3.05, 3.63) is 17.8 Å². The largest absolute Gasteiger partial charge is 0.462 e. The average molecular weight is 235 g/mol. The molecule has 0 amide bonds. The predicted molar refractivity (Wildman–Crippen MR) is 65.8 cm³/mol. The number of nitrogens with two attached hydrogens (primary N) is 1. The van der Waals surface area contributed by atoms with E-state index in [2.05, 4.69) is 17.2 Å². The lowest BCUT2D eigenvalue weighted by molar-refractivity contribution is 0.0527. The van der Waals surface area contributed by atoms with E-state index in [4.69, 9.17) is 10.5 Å². The number of ether oxygens (including phenoxy) is 1. The first-order valence-electron chi connectivity index (χ1n) is 5.81. The molecule has 0 saturated heterocycles. The number of nitrogens with zero attached hydrogens (tertiary/aromatic N) is 1. The van der Waals surface area contributed by atoms with Crippen LogP contribution in [0.2, 0.25) is 0 Å². The minimum Gasteiger partial charge on any atom is -0.462 e. The molecule has 1 aromatic rings. The van der Waals surface area contributed by atoms with Crippen LogP contribution in [-0.2, 0) is 4.74 Å². The SMILES string of the molecule is CCOC(=O)c1cc(NC2CC2C)ncc1N. The van der Waals surface area contributed by atoms with Crippen LogP contribution < -0.4 is 11.1 Å². The molecule has 2 rings (SSSR count). The van der Waals surface area contributed by atoms with E-state index in [1.54, 1.807) is 13.0 Å². The first-order valence-corrected chi connectivity index (χ1v) is 5.81. The number of hydrogen-bond donors (Lipinski definition) is 2. The zero-order valence-corrected chi connectivity index (χ0v) is 10.1. The molecular weight excluding hydrogens is 218 g/mol. The van der Waals surface area contributed by atoms with Crippen molar-refractivity contribution >= 4 is 17.5 Å². The van der Waals surface area contributed by atoms with Gasteiger partial charge in [0.1, 0.15) is 5.82 Å². The van der Waals surface area contributed by atoms with Crippen molar-refractivity contribution < 1.29 is 9.53 Å². The van der Waals surface area contributed by atoms with Crippen LogP contribution in [0, 0.1) is 5.92 Å². The first-order chi connectivity index (χ1) is 8.11. The summed E-state index contributed by atoms with van der Waals surface area (Å²) in [7, 11) is 0. The number of carbonyl (C=O) groups is 1. The summed E-state index contributed by atoms with van der Waals surface area (Å²) in [6, 6.07) is 2.11. The summed E-state index contributed by atoms with van der Waals surface area (Å²) in [5, 5.41) is 3.26. The second-order valence-corrected chi connectivity index (χ2v) is 4.34. The Bertz CT molecular complexity index is 434. The number of esters is 1. The van der Waals surface area contributed by atoms with E-state index in [-0.39, 0.29) is 0 Å². The summed E-state index contributed by atoms with van der Waals surface area (Å²) >= 11 is 0. The molecule has 1 aromatic heterocycles. The van der Waals surface area contributed by atoms with Crippen molar-refractivity contribution in [3.63, 3.8) is 0 Å². The van der Waals surface area contributed by atoms with Crippen molar-refractivity contribution in [3.8, 4) is 0 Å². The molecule has 0 bridgehead atoms. The van der Waals surface area contributed by atoms with E-state index in [1.165, 1.54) is 6.20 Å². The second-order valence-electron chi connectivity index (χ2n) is 4.34. The zero-order chi connectivity index (χ0) is 12.4. The second kappa shape index (κ2) is 4.61. The Kier molecular flexibility index (Phi) is 3.17. The number of hydrogen-bond acceptors (Lipinski definition) is 5. The summed E-state index contributed by atoms with van der Waals surface area (Å²) in [6.07, 6.45) is 2.63. The van der Waals surface area contributed by atoms with Gasteiger partial charge in [0, 0.05) is 6.04 Å². The molecule has 1 heterocycles. The normalized spacial score (nSPS) is 22.0. The molecule has 1 aliphatic carbocycles. The van der Waals surface area contributed by atoms with Gasteiger partial charge in [0.05, 0.1) is 24.1 Å². The van der Waals surface area contributed by atoms with E-state index >= 15 is 0 Å². The summed E-state index contributed by atoms with van der Waals surface area (Å²) in [5.74, 6) is 0.941. The molecule has 0 spiro atoms. The van der Waals surface area contributed by atoms with Crippen LogP contribution in [0.3, 0.4) is 0 Å². The third-order valence-electron chi connectivity index (χ3n) is 2.87. The first kappa shape index (κ1) is 11.7. The van der Waals surface area contributed by atoms with Gasteiger partial charge in [0.25, 0.3) is 0 Å². The molecule has 0 aliphatic heterocycles. The van der Waals surface area contributed by atoms with E-state index in [0.717, 1.165) is 6.42 Å². The molecule has 2 atom stereocenters. The maximum absolute atomic E-state index is 11.6. The molecule has 1 aliphatic rings. The molecule has 17 heavy (non-hydrogen) atoms. The van der Waals surface area contributed by atoms with Crippen LogP contribution in [-0.4, -0.2) is 23.6 Å². The van der Waals surface area contributed by atoms with E-state index in [1.807, 2.05) is 0 Å². The van der Waals surface area contributed by atoms with Crippen LogP contribution in [0.4, 0.5) is 11.5 Å². The van der Waals surface area contributed by atoms with E-state index in [0.29, 0.717) is 35.6 Å². The summed E-state index contributed by atoms with van der Waals surface area (Å²) in [5.41, 5.74) is 6.42. The maximum Gasteiger partial charge on any atom is 0.340 e. The summed E-state index contributed by atoms with van der Waals surface area (Å²) in [6.45, 7) is 4.27. The van der Waals surface area contributed by atoms with Gasteiger partial charge >= 0.3 is 5.97 Å². The number of aromatic nitrogens is 1. The molecule has 3 N–H and O–H groups in total. The minimum absolute atomic E-state index is 0.336. The fourth-order valence-electron chi connectivity index (χ4n) is 1.64. The molecule has 5 nitrogen and oxygen atoms in total. The molecule has 5 heteroatoms. The van der Waals surface area contributed by atoms with Crippen molar-refractivity contribution in [2.75, 3.05) is 17.7 Å². The number of nitrogen functional groups attached to an aromatic ring is 1. The van der Waals surface area contributed by atoms with Crippen molar-refractivity contribution in [2.24, 2.45) is 5.92 Å². The Labute approximate surface area is 100 Å². The van der Waals surface area contributed by atoms with E-state index in [9.17, 15) is 4.79 Å². The topological polar surface area (TPSA) is 77.2 Å². The molecule has 1 saturated carbocycles. The smallest absolute Gasteiger partial charge is 0.340 e. The Balaban J connectivity index is 2.14. The third kappa shape index (κ3) is 2.67. The number of rotatable bonds is 4. The molecule has 0 radical (unpaired) electrons. The third-order valence-corrected chi connectivity index (χ3v) is 2.87. The van der Waals surface area contributed by atoms with Gasteiger partial charge in [-0.05, 0) is 25.3 Å². The zero-order valence-electron chi connectivity index (χ0n) is 10.1. The Morgan fingerprint density at radius 2 is 2.41 bits per heavy atom. The summed E-state index contributed by atoms with van der Waals surface area (Å²) in [4.78, 5) is 15.8. The fraction of sp³-hybridized carbons (Fsp3) is 0.500. The number of carbonyl (C=O) groups excluding carboxylic acids is 1. The number of anilines is 2. The lowest BCUT2D eigenvalue weighted by Crippen LogP contribution is -2.11. The van der Waals surface area contributed by atoms with Gasteiger partial charge in [0.2, 0.25) is 0 Å². The van der Waals surface area contributed by atoms with E-state index < -0.39 is 5.97 Å². The molecular formula is C12H17N3O2. The van der Waals surface area contributed by atoms with Crippen LogP contribution >= 0.6 is 0 Å². The van der Waals surface area contributed by atoms with Crippen LogP contribution in [0.15, 0.2) is 12.3 Å². The van der Waals surface area contributed by atoms with Gasteiger partial charge in [0.15, 0.2) is 0 Å². The standard InChI is InChI=1S/C12H17N3O2/c1-3-17-12(16)8-5-11(14-6-9(8)13)15-10-4-7(10)2/h5-7,10H,3-4,13H2,1-2H3,(H,14,15). The predicted octanol–water partition coefficient (Wildman–Crippen LogP) is 1.66. The highest BCUT2D eigenvalue weighted by Crippen LogP contribution is 2.32. The molecule has 1 fully saturated rings. The van der Waals surface area contributed by atoms with Gasteiger partial charge in [-0.3, -0.25) is 0 Å². The van der Waals surface area contributed by atoms with Crippen LogP contribution in [0.5, 0.6) is 0 Å². The Morgan fingerprint density at radius 1 is 1.71 bits per heavy atom. The van der Waals surface area contributed by atoms with Crippen LogP contribution in [0.1, 0.15) is 30.6 Å². The maximum atomic E-state index is 11.6. The lowest BCUT2D eigenvalue weighted by atomic mass is 10.2. The fourth-order valence-corrected chi connectivity index (χ4v) is 1.64. The van der Waals surface area contributed by atoms with Crippen molar-refractivity contribution in [2.45, 2.75) is 26.3 Å². The summed E-state index contributed by atoms with van der Waals surface area (Å²) < 4.78 is 4.93. The highest BCUT2D eigenvalue weighted by Gasteiger charge is 2.32. The number of nitrogens with one attached hydrogen (secondary N) is 1. The Hall–Kier alpha value is -1.78. The molecule has 0 aromatic carbocycles. The Morgan fingerprint density at radius 3 is 3.00 bits per heavy atom.